The van der Waals surface area contributed by atoms with Crippen molar-refractivity contribution < 1.29 is 13.2 Å². The average molecular weight is 387 g/mol. The van der Waals surface area contributed by atoms with Crippen LogP contribution in [0.15, 0.2) is 58.9 Å². The fourth-order valence-corrected chi connectivity index (χ4v) is 3.90. The summed E-state index contributed by atoms with van der Waals surface area (Å²) in [5.74, 6) is -0.159. The molecule has 26 heavy (non-hydrogen) atoms. The molecular weight excluding hydrogens is 370 g/mol. The summed E-state index contributed by atoms with van der Waals surface area (Å²) in [7, 11) is -3.23. The second-order valence-corrected chi connectivity index (χ2v) is 8.66. The van der Waals surface area contributed by atoms with E-state index in [4.69, 9.17) is 0 Å². The zero-order valence-electron chi connectivity index (χ0n) is 14.0. The molecule has 6 nitrogen and oxygen atoms in total. The number of thiazole rings is 1. The molecule has 0 fully saturated rings. The Morgan fingerprint density at radius 3 is 2.54 bits per heavy atom. The van der Waals surface area contributed by atoms with E-state index in [1.165, 1.54) is 23.5 Å². The van der Waals surface area contributed by atoms with Gasteiger partial charge in [-0.1, -0.05) is 25.1 Å². The van der Waals surface area contributed by atoms with E-state index in [1.54, 1.807) is 25.3 Å². The maximum absolute atomic E-state index is 12.2. The first-order valence-electron chi connectivity index (χ1n) is 7.96. The molecule has 1 N–H and O–H groups in total. The van der Waals surface area contributed by atoms with Crippen LogP contribution in [-0.2, 0) is 21.1 Å². The third-order valence-electron chi connectivity index (χ3n) is 3.71. The smallest absolute Gasteiger partial charge is 0.230 e. The number of hydrogen-bond donors (Lipinski definition) is 1. The molecule has 0 aliphatic carbocycles. The van der Waals surface area contributed by atoms with Crippen molar-refractivity contribution in [1.29, 1.82) is 0 Å². The van der Waals surface area contributed by atoms with Crippen molar-refractivity contribution in [2.45, 2.75) is 18.2 Å². The van der Waals surface area contributed by atoms with Crippen LogP contribution in [0.5, 0.6) is 0 Å². The number of nitrogens with one attached hydrogen (secondary N) is 1. The van der Waals surface area contributed by atoms with Gasteiger partial charge in [0, 0.05) is 11.6 Å². The maximum atomic E-state index is 12.2. The second-order valence-electron chi connectivity index (χ2n) is 5.53. The Labute approximate surface area is 155 Å². The molecule has 0 bridgehead atoms. The molecule has 134 valence electrons. The van der Waals surface area contributed by atoms with Crippen molar-refractivity contribution in [1.82, 2.24) is 9.97 Å². The fourth-order valence-electron chi connectivity index (χ4n) is 2.29. The predicted molar refractivity (Wildman–Crippen MR) is 102 cm³/mol. The molecule has 3 aromatic rings. The molecule has 0 unspecified atom stereocenters. The van der Waals surface area contributed by atoms with Crippen molar-refractivity contribution in [2.75, 3.05) is 11.1 Å². The Bertz CT molecular complexity index is 998. The SMILES string of the molecule is CCS(=O)(=O)c1ccc(CC(=O)Nc2nc(-c3ccccn3)cs2)cc1. The van der Waals surface area contributed by atoms with Gasteiger partial charge in [-0.3, -0.25) is 9.78 Å². The lowest BCUT2D eigenvalue weighted by Gasteiger charge is -2.04. The molecule has 8 heteroatoms. The van der Waals surface area contributed by atoms with E-state index in [9.17, 15) is 13.2 Å². The standard InChI is InChI=1S/C18H17N3O3S2/c1-2-26(23,24)14-8-6-13(7-9-14)11-17(22)21-18-20-16(12-25-18)15-5-3-4-10-19-15/h3-10,12H,2,11H2,1H3,(H,20,21,22). The Balaban J connectivity index is 1.64. The van der Waals surface area contributed by atoms with Gasteiger partial charge in [-0.05, 0) is 29.8 Å². The highest BCUT2D eigenvalue weighted by molar-refractivity contribution is 7.91. The van der Waals surface area contributed by atoms with Crippen molar-refractivity contribution in [3.05, 3.63) is 59.6 Å². The summed E-state index contributed by atoms with van der Waals surface area (Å²) in [5, 5.41) is 5.10. The summed E-state index contributed by atoms with van der Waals surface area (Å²) >= 11 is 1.33. The summed E-state index contributed by atoms with van der Waals surface area (Å²) < 4.78 is 23.6. The minimum Gasteiger partial charge on any atom is -0.302 e. The van der Waals surface area contributed by atoms with Crippen LogP contribution in [0.1, 0.15) is 12.5 Å². The van der Waals surface area contributed by atoms with E-state index in [0.717, 1.165) is 11.3 Å². The lowest BCUT2D eigenvalue weighted by Crippen LogP contribution is -2.14. The summed E-state index contributed by atoms with van der Waals surface area (Å²) in [6.45, 7) is 1.60. The van der Waals surface area contributed by atoms with Crippen LogP contribution >= 0.6 is 11.3 Å². The first kappa shape index (κ1) is 18.2. The molecule has 0 aliphatic rings. The number of rotatable bonds is 6. The third kappa shape index (κ3) is 4.33. The van der Waals surface area contributed by atoms with Crippen LogP contribution < -0.4 is 5.32 Å². The van der Waals surface area contributed by atoms with Crippen LogP contribution in [0, 0.1) is 0 Å². The number of hydrogen-bond acceptors (Lipinski definition) is 6. The van der Waals surface area contributed by atoms with Gasteiger partial charge in [0.15, 0.2) is 15.0 Å². The Hall–Kier alpha value is -2.58. The monoisotopic (exact) mass is 387 g/mol. The Morgan fingerprint density at radius 2 is 1.88 bits per heavy atom. The highest BCUT2D eigenvalue weighted by Gasteiger charge is 2.12. The van der Waals surface area contributed by atoms with Gasteiger partial charge in [0.2, 0.25) is 5.91 Å². The number of carbonyl (C=O) groups excluding carboxylic acids is 1. The minimum absolute atomic E-state index is 0.0511. The van der Waals surface area contributed by atoms with Gasteiger partial charge in [0.1, 0.15) is 5.69 Å². The second kappa shape index (κ2) is 7.76. The van der Waals surface area contributed by atoms with Crippen LogP contribution in [0.4, 0.5) is 5.13 Å². The molecule has 0 radical (unpaired) electrons. The molecule has 0 saturated heterocycles. The molecule has 0 aliphatic heterocycles. The number of benzene rings is 1. The van der Waals surface area contributed by atoms with Gasteiger partial charge in [-0.25, -0.2) is 13.4 Å². The third-order valence-corrected chi connectivity index (χ3v) is 6.21. The Kier molecular flexibility index (Phi) is 5.43. The first-order valence-corrected chi connectivity index (χ1v) is 10.5. The van der Waals surface area contributed by atoms with Gasteiger partial charge < -0.3 is 5.32 Å². The van der Waals surface area contributed by atoms with Crippen molar-refractivity contribution in [3.8, 4) is 11.4 Å². The molecule has 0 spiro atoms. The van der Waals surface area contributed by atoms with Crippen LogP contribution in [0.3, 0.4) is 0 Å². The number of anilines is 1. The minimum atomic E-state index is -3.23. The van der Waals surface area contributed by atoms with E-state index in [0.29, 0.717) is 10.8 Å². The van der Waals surface area contributed by atoms with Crippen LogP contribution in [0.2, 0.25) is 0 Å². The molecule has 2 heterocycles. The van der Waals surface area contributed by atoms with Crippen LogP contribution in [-0.4, -0.2) is 30.0 Å². The fraction of sp³-hybridized carbons (Fsp3) is 0.167. The van der Waals surface area contributed by atoms with Gasteiger partial charge in [-0.15, -0.1) is 11.3 Å². The van der Waals surface area contributed by atoms with E-state index in [-0.39, 0.29) is 23.0 Å². The quantitative estimate of drug-likeness (QED) is 0.702. The average Bonchev–Trinajstić information content (AvgIpc) is 3.11. The van der Waals surface area contributed by atoms with Gasteiger partial charge in [0.05, 0.1) is 22.8 Å². The molecule has 0 atom stereocenters. The number of carbonyl (C=O) groups is 1. The van der Waals surface area contributed by atoms with Crippen molar-refractivity contribution >= 4 is 32.2 Å². The normalized spacial score (nSPS) is 11.3. The molecule has 3 rings (SSSR count). The number of aromatic nitrogens is 2. The van der Waals surface area contributed by atoms with Crippen molar-refractivity contribution in [2.24, 2.45) is 0 Å². The zero-order chi connectivity index (χ0) is 18.6. The zero-order valence-corrected chi connectivity index (χ0v) is 15.7. The molecule has 1 amide bonds. The van der Waals surface area contributed by atoms with Gasteiger partial charge in [0.25, 0.3) is 0 Å². The molecule has 0 saturated carbocycles. The number of pyridine rings is 1. The summed E-state index contributed by atoms with van der Waals surface area (Å²) in [5.41, 5.74) is 2.19. The lowest BCUT2D eigenvalue weighted by molar-refractivity contribution is -0.115. The summed E-state index contributed by atoms with van der Waals surface area (Å²) in [6, 6.07) is 11.9. The highest BCUT2D eigenvalue weighted by atomic mass is 32.2. The molecule has 1 aromatic carbocycles. The van der Waals surface area contributed by atoms with E-state index in [1.807, 2.05) is 23.6 Å². The topological polar surface area (TPSA) is 89.0 Å². The van der Waals surface area contributed by atoms with Gasteiger partial charge in [-0.2, -0.15) is 0 Å². The summed E-state index contributed by atoms with van der Waals surface area (Å²) in [6.07, 6.45) is 1.83. The number of amides is 1. The Morgan fingerprint density at radius 1 is 1.12 bits per heavy atom. The first-order chi connectivity index (χ1) is 12.5. The van der Waals surface area contributed by atoms with E-state index in [2.05, 4.69) is 15.3 Å². The van der Waals surface area contributed by atoms with Crippen LogP contribution in [0.25, 0.3) is 11.4 Å². The summed E-state index contributed by atoms with van der Waals surface area (Å²) in [4.78, 5) is 21.0. The molecule has 2 aromatic heterocycles. The van der Waals surface area contributed by atoms with E-state index < -0.39 is 9.84 Å². The number of nitrogens with zero attached hydrogens (tertiary/aromatic N) is 2. The molecular formula is C18H17N3O3S2. The predicted octanol–water partition coefficient (Wildman–Crippen LogP) is 3.18. The largest absolute Gasteiger partial charge is 0.302 e. The lowest BCUT2D eigenvalue weighted by atomic mass is 10.1. The highest BCUT2D eigenvalue weighted by Crippen LogP contribution is 2.23. The number of sulfone groups is 1. The van der Waals surface area contributed by atoms with Gasteiger partial charge >= 0.3 is 0 Å². The van der Waals surface area contributed by atoms with E-state index >= 15 is 0 Å². The van der Waals surface area contributed by atoms with Crippen molar-refractivity contribution in [3.63, 3.8) is 0 Å². The maximum Gasteiger partial charge on any atom is 0.230 e.